The summed E-state index contributed by atoms with van der Waals surface area (Å²) in [5.74, 6) is -1.02. The van der Waals surface area contributed by atoms with E-state index in [0.717, 1.165) is 12.8 Å². The topological polar surface area (TPSA) is 78.9 Å². The highest BCUT2D eigenvalue weighted by Gasteiger charge is 2.40. The molecule has 2 amide bonds. The molecule has 1 aliphatic heterocycles. The highest BCUT2D eigenvalue weighted by molar-refractivity contribution is 5.78. The number of hydrogen-bond donors (Lipinski definition) is 2. The van der Waals surface area contributed by atoms with E-state index in [9.17, 15) is 9.59 Å². The maximum Gasteiger partial charge on any atom is 0.334 e. The largest absolute Gasteiger partial charge is 0.479 e. The molecular formula is C10H16N2O4. The summed E-state index contributed by atoms with van der Waals surface area (Å²) >= 11 is 0. The number of amides is 2. The minimum Gasteiger partial charge on any atom is -0.479 e. The highest BCUT2D eigenvalue weighted by atomic mass is 16.5. The summed E-state index contributed by atoms with van der Waals surface area (Å²) in [7, 11) is 0. The van der Waals surface area contributed by atoms with Crippen LogP contribution in [0.3, 0.4) is 0 Å². The molecule has 0 aromatic carbocycles. The maximum absolute atomic E-state index is 11.8. The van der Waals surface area contributed by atoms with Gasteiger partial charge < -0.3 is 20.1 Å². The van der Waals surface area contributed by atoms with Gasteiger partial charge in [-0.15, -0.1) is 0 Å². The van der Waals surface area contributed by atoms with Crippen molar-refractivity contribution in [1.29, 1.82) is 0 Å². The summed E-state index contributed by atoms with van der Waals surface area (Å²) in [5, 5.41) is 11.7. The fourth-order valence-electron chi connectivity index (χ4n) is 1.63. The standard InChI is InChI=1S/C10H16N2O4/c1-10(2-3-10)11-9(15)12-4-5-16-7(6-12)8(13)14/h7H,2-6H2,1H3,(H,11,15)(H,13,14). The van der Waals surface area contributed by atoms with Gasteiger partial charge in [0.25, 0.3) is 0 Å². The fraction of sp³-hybridized carbons (Fsp3) is 0.800. The number of carbonyl (C=O) groups is 2. The van der Waals surface area contributed by atoms with Crippen molar-refractivity contribution < 1.29 is 19.4 Å². The molecular weight excluding hydrogens is 212 g/mol. The zero-order chi connectivity index (χ0) is 11.8. The van der Waals surface area contributed by atoms with E-state index in [2.05, 4.69) is 5.32 Å². The number of nitrogens with zero attached hydrogens (tertiary/aromatic N) is 1. The van der Waals surface area contributed by atoms with E-state index in [1.165, 1.54) is 4.90 Å². The van der Waals surface area contributed by atoms with Gasteiger partial charge in [-0.1, -0.05) is 0 Å². The van der Waals surface area contributed by atoms with Crippen molar-refractivity contribution in [2.45, 2.75) is 31.4 Å². The van der Waals surface area contributed by atoms with Crippen molar-refractivity contribution in [3.63, 3.8) is 0 Å². The lowest BCUT2D eigenvalue weighted by Gasteiger charge is -2.31. The Bertz CT molecular complexity index is 314. The third kappa shape index (κ3) is 2.44. The Balaban J connectivity index is 1.88. The molecule has 90 valence electrons. The van der Waals surface area contributed by atoms with Crippen LogP contribution in [0.25, 0.3) is 0 Å². The molecule has 1 aliphatic carbocycles. The lowest BCUT2D eigenvalue weighted by atomic mass is 10.3. The zero-order valence-electron chi connectivity index (χ0n) is 9.23. The number of ether oxygens (including phenoxy) is 1. The molecule has 2 fully saturated rings. The summed E-state index contributed by atoms with van der Waals surface area (Å²) in [6.07, 6.45) is 1.09. The molecule has 0 aromatic rings. The van der Waals surface area contributed by atoms with Crippen molar-refractivity contribution >= 4 is 12.0 Å². The van der Waals surface area contributed by atoms with E-state index in [-0.39, 0.29) is 24.7 Å². The van der Waals surface area contributed by atoms with E-state index in [0.29, 0.717) is 6.54 Å². The monoisotopic (exact) mass is 228 g/mol. The minimum absolute atomic E-state index is 0.0753. The van der Waals surface area contributed by atoms with Crippen molar-refractivity contribution in [1.82, 2.24) is 10.2 Å². The van der Waals surface area contributed by atoms with Crippen LogP contribution in [-0.2, 0) is 9.53 Å². The van der Waals surface area contributed by atoms with Crippen LogP contribution in [0.4, 0.5) is 4.79 Å². The van der Waals surface area contributed by atoms with Gasteiger partial charge in [0.15, 0.2) is 6.10 Å². The lowest BCUT2D eigenvalue weighted by Crippen LogP contribution is -2.53. The zero-order valence-corrected chi connectivity index (χ0v) is 9.23. The molecule has 0 aromatic heterocycles. The normalized spacial score (nSPS) is 27.3. The molecule has 1 saturated carbocycles. The molecule has 16 heavy (non-hydrogen) atoms. The van der Waals surface area contributed by atoms with Gasteiger partial charge in [0.05, 0.1) is 13.2 Å². The van der Waals surface area contributed by atoms with E-state index in [1.807, 2.05) is 6.92 Å². The molecule has 1 heterocycles. The average molecular weight is 228 g/mol. The third-order valence-corrected chi connectivity index (χ3v) is 3.04. The smallest absolute Gasteiger partial charge is 0.334 e. The molecule has 2 N–H and O–H groups in total. The van der Waals surface area contributed by atoms with Crippen LogP contribution in [0.15, 0.2) is 0 Å². The van der Waals surface area contributed by atoms with Gasteiger partial charge in [-0.05, 0) is 19.8 Å². The maximum atomic E-state index is 11.8. The second-order valence-electron chi connectivity index (χ2n) is 4.63. The number of rotatable bonds is 2. The number of carbonyl (C=O) groups excluding carboxylic acids is 1. The second kappa shape index (κ2) is 3.93. The Morgan fingerprint density at radius 1 is 1.50 bits per heavy atom. The third-order valence-electron chi connectivity index (χ3n) is 3.04. The van der Waals surface area contributed by atoms with Gasteiger partial charge in [-0.2, -0.15) is 0 Å². The predicted octanol–water partition coefficient (Wildman–Crippen LogP) is 0.0339. The van der Waals surface area contributed by atoms with Gasteiger partial charge >= 0.3 is 12.0 Å². The number of morpholine rings is 1. The van der Waals surface area contributed by atoms with Gasteiger partial charge in [0.2, 0.25) is 0 Å². The Labute approximate surface area is 93.6 Å². The molecule has 0 bridgehead atoms. The SMILES string of the molecule is CC1(NC(=O)N2CCOC(C(=O)O)C2)CC1. The van der Waals surface area contributed by atoms with E-state index in [4.69, 9.17) is 9.84 Å². The molecule has 1 unspecified atom stereocenters. The number of carboxylic acid groups (broad SMARTS) is 1. The van der Waals surface area contributed by atoms with Crippen LogP contribution in [0.5, 0.6) is 0 Å². The number of urea groups is 1. The van der Waals surface area contributed by atoms with Crippen molar-refractivity contribution in [3.05, 3.63) is 0 Å². The van der Waals surface area contributed by atoms with Crippen LogP contribution in [0, 0.1) is 0 Å². The van der Waals surface area contributed by atoms with Crippen molar-refractivity contribution in [2.75, 3.05) is 19.7 Å². The first kappa shape index (κ1) is 11.2. The van der Waals surface area contributed by atoms with Crippen LogP contribution >= 0.6 is 0 Å². The van der Waals surface area contributed by atoms with E-state index >= 15 is 0 Å². The molecule has 1 atom stereocenters. The molecule has 1 saturated heterocycles. The van der Waals surface area contributed by atoms with Gasteiger partial charge in [-0.25, -0.2) is 9.59 Å². The molecule has 0 spiro atoms. The first-order chi connectivity index (χ1) is 7.50. The van der Waals surface area contributed by atoms with E-state index in [1.54, 1.807) is 0 Å². The average Bonchev–Trinajstić information content (AvgIpc) is 2.96. The van der Waals surface area contributed by atoms with Gasteiger partial charge in [0.1, 0.15) is 0 Å². The molecule has 0 radical (unpaired) electrons. The number of carboxylic acids is 1. The second-order valence-corrected chi connectivity index (χ2v) is 4.63. The van der Waals surface area contributed by atoms with Crippen LogP contribution in [0.1, 0.15) is 19.8 Å². The number of nitrogens with one attached hydrogen (secondary N) is 1. The predicted molar refractivity (Wildman–Crippen MR) is 55.1 cm³/mol. The molecule has 2 aliphatic rings. The number of hydrogen-bond acceptors (Lipinski definition) is 3. The quantitative estimate of drug-likeness (QED) is 0.699. The molecule has 6 nitrogen and oxygen atoms in total. The van der Waals surface area contributed by atoms with Crippen LogP contribution < -0.4 is 5.32 Å². The minimum atomic E-state index is -1.02. The first-order valence-electron chi connectivity index (χ1n) is 5.42. The Kier molecular flexibility index (Phi) is 2.75. The van der Waals surface area contributed by atoms with E-state index < -0.39 is 12.1 Å². The summed E-state index contributed by atoms with van der Waals surface area (Å²) in [6, 6.07) is -0.186. The number of aliphatic carboxylic acids is 1. The van der Waals surface area contributed by atoms with Gasteiger partial charge in [0, 0.05) is 12.1 Å². The lowest BCUT2D eigenvalue weighted by molar-refractivity contribution is -0.154. The Hall–Kier alpha value is -1.30. The fourth-order valence-corrected chi connectivity index (χ4v) is 1.63. The summed E-state index contributed by atoms with van der Waals surface area (Å²) in [4.78, 5) is 24.0. The molecule has 2 rings (SSSR count). The summed E-state index contributed by atoms with van der Waals surface area (Å²) < 4.78 is 5.04. The first-order valence-corrected chi connectivity index (χ1v) is 5.42. The summed E-state index contributed by atoms with van der Waals surface area (Å²) in [6.45, 7) is 2.84. The van der Waals surface area contributed by atoms with Crippen LogP contribution in [0.2, 0.25) is 0 Å². The summed E-state index contributed by atoms with van der Waals surface area (Å²) in [5.41, 5.74) is -0.0753. The van der Waals surface area contributed by atoms with Crippen LogP contribution in [-0.4, -0.2) is 53.3 Å². The Morgan fingerprint density at radius 3 is 2.75 bits per heavy atom. The van der Waals surface area contributed by atoms with Crippen molar-refractivity contribution in [2.24, 2.45) is 0 Å². The van der Waals surface area contributed by atoms with Gasteiger partial charge in [-0.3, -0.25) is 0 Å². The van der Waals surface area contributed by atoms with Crippen molar-refractivity contribution in [3.8, 4) is 0 Å². The Morgan fingerprint density at radius 2 is 2.19 bits per heavy atom. The highest BCUT2D eigenvalue weighted by Crippen LogP contribution is 2.34. The molecule has 6 heteroatoms.